The van der Waals surface area contributed by atoms with E-state index >= 15 is 0 Å². The molecule has 2 bridgehead atoms. The Hall–Kier alpha value is -0.330. The number of ketones is 1. The Labute approximate surface area is 121 Å². The number of halogens is 2. The van der Waals surface area contributed by atoms with E-state index in [1.54, 1.807) is 0 Å². The molecule has 3 unspecified atom stereocenters. The van der Waals surface area contributed by atoms with Gasteiger partial charge >= 0.3 is 5.23 Å². The zero-order chi connectivity index (χ0) is 14.1. The van der Waals surface area contributed by atoms with Gasteiger partial charge in [0, 0.05) is 11.8 Å². The molecule has 8 heteroatoms. The monoisotopic (exact) mass is 325 g/mol. The Kier molecular flexibility index (Phi) is 2.77. The molecule has 2 saturated carbocycles. The molecule has 1 heterocycles. The highest BCUT2D eigenvalue weighted by atomic mass is 35.5. The summed E-state index contributed by atoms with van der Waals surface area (Å²) in [5.41, 5.74) is -1.70. The van der Waals surface area contributed by atoms with Crippen LogP contribution < -0.4 is 0 Å². The molecule has 3 atom stereocenters. The average molecular weight is 326 g/mol. The number of fused-ring (bicyclic) bond motifs is 2. The van der Waals surface area contributed by atoms with E-state index in [0.717, 1.165) is 6.42 Å². The fraction of sp³-hybridized carbons (Fsp3) is 0.818. The number of oxime groups is 1. The maximum absolute atomic E-state index is 12.3. The van der Waals surface area contributed by atoms with E-state index in [-0.39, 0.29) is 22.7 Å². The smallest absolute Gasteiger partial charge is 0.316 e. The van der Waals surface area contributed by atoms with Crippen LogP contribution in [0, 0.1) is 16.7 Å². The molecule has 1 aliphatic heterocycles. The molecule has 0 aromatic rings. The van der Waals surface area contributed by atoms with Crippen LogP contribution >= 0.6 is 23.2 Å². The molecule has 3 rings (SSSR count). The van der Waals surface area contributed by atoms with Crippen LogP contribution in [0.2, 0.25) is 0 Å². The van der Waals surface area contributed by atoms with Gasteiger partial charge in [-0.3, -0.25) is 4.79 Å². The summed E-state index contributed by atoms with van der Waals surface area (Å²) in [7, 11) is -3.66. The van der Waals surface area contributed by atoms with E-state index < -0.39 is 25.5 Å². The Balaban J connectivity index is 2.04. The first-order valence-electron chi connectivity index (χ1n) is 6.03. The van der Waals surface area contributed by atoms with Crippen molar-refractivity contribution in [2.24, 2.45) is 21.9 Å². The first kappa shape index (κ1) is 13.6. The van der Waals surface area contributed by atoms with Gasteiger partial charge < -0.3 is 4.84 Å². The van der Waals surface area contributed by atoms with Crippen LogP contribution in [0.3, 0.4) is 0 Å². The predicted octanol–water partition coefficient (Wildman–Crippen LogP) is 1.88. The van der Waals surface area contributed by atoms with Crippen molar-refractivity contribution < 1.29 is 18.0 Å². The fourth-order valence-electron chi connectivity index (χ4n) is 3.77. The van der Waals surface area contributed by atoms with Gasteiger partial charge in [-0.2, -0.15) is 0 Å². The summed E-state index contributed by atoms with van der Waals surface area (Å²) in [4.78, 5) is 16.0. The van der Waals surface area contributed by atoms with Crippen molar-refractivity contribution in [2.75, 3.05) is 5.75 Å². The maximum atomic E-state index is 12.3. The summed E-state index contributed by atoms with van der Waals surface area (Å²) in [6, 6.07) is 0. The van der Waals surface area contributed by atoms with Crippen LogP contribution in [0.15, 0.2) is 5.16 Å². The second-order valence-corrected chi connectivity index (χ2v) is 8.70. The van der Waals surface area contributed by atoms with Crippen molar-refractivity contribution in [1.82, 2.24) is 0 Å². The first-order valence-corrected chi connectivity index (χ1v) is 8.56. The molecule has 0 spiro atoms. The number of rotatable bonds is 3. The highest BCUT2D eigenvalue weighted by Gasteiger charge is 2.70. The lowest BCUT2D eigenvalue weighted by Gasteiger charge is -2.39. The van der Waals surface area contributed by atoms with Gasteiger partial charge in [-0.15, -0.1) is 23.2 Å². The van der Waals surface area contributed by atoms with Crippen LogP contribution in [-0.2, 0) is 19.5 Å². The minimum Gasteiger partial charge on any atom is -0.316 e. The summed E-state index contributed by atoms with van der Waals surface area (Å²) in [5, 5.41) is 2.98. The lowest BCUT2D eigenvalue weighted by molar-refractivity contribution is -0.128. The minimum absolute atomic E-state index is 0.0530. The van der Waals surface area contributed by atoms with E-state index in [1.807, 2.05) is 6.92 Å². The summed E-state index contributed by atoms with van der Waals surface area (Å²) in [6.07, 6.45) is 1.64. The number of Topliss-reactive ketones (excluding diaryl/α,β-unsaturated/α-hetero) is 1. The lowest BCUT2D eigenvalue weighted by Crippen LogP contribution is -2.47. The average Bonchev–Trinajstić information content (AvgIpc) is 3.09. The Morgan fingerprint density at radius 3 is 2.63 bits per heavy atom. The molecule has 5 nitrogen and oxygen atoms in total. The molecule has 0 aromatic carbocycles. The van der Waals surface area contributed by atoms with Crippen molar-refractivity contribution in [2.45, 2.75) is 31.0 Å². The van der Waals surface area contributed by atoms with E-state index in [2.05, 4.69) is 9.99 Å². The second-order valence-electron chi connectivity index (χ2n) is 5.74. The van der Waals surface area contributed by atoms with E-state index in [4.69, 9.17) is 23.2 Å². The molecule has 0 radical (unpaired) electrons. The zero-order valence-corrected chi connectivity index (χ0v) is 12.6. The van der Waals surface area contributed by atoms with Gasteiger partial charge in [0.05, 0.1) is 11.2 Å². The van der Waals surface area contributed by atoms with Gasteiger partial charge in [-0.25, -0.2) is 8.42 Å². The van der Waals surface area contributed by atoms with E-state index in [0.29, 0.717) is 12.8 Å². The molecule has 0 saturated heterocycles. The van der Waals surface area contributed by atoms with E-state index in [9.17, 15) is 13.2 Å². The van der Waals surface area contributed by atoms with Crippen LogP contribution in [0.25, 0.3) is 0 Å². The van der Waals surface area contributed by atoms with Crippen molar-refractivity contribution >= 4 is 44.1 Å². The highest BCUT2D eigenvalue weighted by molar-refractivity contribution is 8.06. The quantitative estimate of drug-likeness (QED) is 0.742. The summed E-state index contributed by atoms with van der Waals surface area (Å²) >= 11 is 12.2. The standard InChI is InChI=1S/C11H13Cl2NO4S/c1-10(8(12)13)6-2-3-11(10,7(15)4-6)5-19(16,17)9-14-18-9/h6,8H,2-5H2,1H3. The Morgan fingerprint density at radius 1 is 1.53 bits per heavy atom. The molecule has 106 valence electrons. The molecule has 19 heavy (non-hydrogen) atoms. The van der Waals surface area contributed by atoms with Crippen LogP contribution in [0.1, 0.15) is 26.2 Å². The van der Waals surface area contributed by atoms with Gasteiger partial charge in [-0.05, 0) is 23.9 Å². The van der Waals surface area contributed by atoms with Gasteiger partial charge in [-0.1, -0.05) is 6.92 Å². The molecular formula is C11H13Cl2NO4S. The third-order valence-electron chi connectivity index (χ3n) is 5.09. The molecule has 2 aliphatic carbocycles. The summed E-state index contributed by atoms with van der Waals surface area (Å²) in [6.45, 7) is 1.82. The number of carbonyl (C=O) groups is 1. The van der Waals surface area contributed by atoms with Crippen LogP contribution in [0.5, 0.6) is 0 Å². The number of hydrogen-bond acceptors (Lipinski definition) is 5. The van der Waals surface area contributed by atoms with Crippen molar-refractivity contribution in [3.8, 4) is 0 Å². The number of alkyl halides is 2. The summed E-state index contributed by atoms with van der Waals surface area (Å²) in [5.74, 6) is -0.305. The van der Waals surface area contributed by atoms with Gasteiger partial charge in [0.1, 0.15) is 10.6 Å². The SMILES string of the molecule is CC1(C(Cl)Cl)C2CCC1(CS(=O)(=O)C1=NO1)C(=O)C2. The van der Waals surface area contributed by atoms with Gasteiger partial charge in [0.25, 0.3) is 0 Å². The normalized spacial score (nSPS) is 40.5. The van der Waals surface area contributed by atoms with Gasteiger partial charge in [0.2, 0.25) is 9.84 Å². The summed E-state index contributed by atoms with van der Waals surface area (Å²) < 4.78 is 24.2. The fourth-order valence-corrected chi connectivity index (χ4v) is 6.19. The third kappa shape index (κ3) is 1.63. The molecule has 0 N–H and O–H groups in total. The maximum Gasteiger partial charge on any atom is 0.374 e. The number of nitrogens with zero attached hydrogens (tertiary/aromatic N) is 1. The molecule has 0 aromatic heterocycles. The number of hydrogen-bond donors (Lipinski definition) is 0. The number of sulfone groups is 1. The van der Waals surface area contributed by atoms with Crippen molar-refractivity contribution in [1.29, 1.82) is 0 Å². The Bertz CT molecular complexity index is 588. The van der Waals surface area contributed by atoms with Crippen molar-refractivity contribution in [3.05, 3.63) is 0 Å². The predicted molar refractivity (Wildman–Crippen MR) is 70.7 cm³/mol. The molecule has 3 aliphatic rings. The minimum atomic E-state index is -3.66. The third-order valence-corrected chi connectivity index (χ3v) is 7.55. The van der Waals surface area contributed by atoms with Crippen LogP contribution in [0.4, 0.5) is 0 Å². The van der Waals surface area contributed by atoms with Crippen LogP contribution in [-0.4, -0.2) is 30.0 Å². The van der Waals surface area contributed by atoms with Gasteiger partial charge in [0.15, 0.2) is 0 Å². The topological polar surface area (TPSA) is 76.1 Å². The molecule has 0 amide bonds. The first-order chi connectivity index (χ1) is 8.74. The van der Waals surface area contributed by atoms with Crippen molar-refractivity contribution in [3.63, 3.8) is 0 Å². The largest absolute Gasteiger partial charge is 0.374 e. The zero-order valence-electron chi connectivity index (χ0n) is 10.2. The van der Waals surface area contributed by atoms with E-state index in [1.165, 1.54) is 0 Å². The molecular weight excluding hydrogens is 313 g/mol. The molecule has 2 fully saturated rings. The number of carbonyl (C=O) groups excluding carboxylic acids is 1. The second kappa shape index (κ2) is 3.86. The Morgan fingerprint density at radius 2 is 2.16 bits per heavy atom. The highest BCUT2D eigenvalue weighted by Crippen LogP contribution is 2.67. The lowest BCUT2D eigenvalue weighted by atomic mass is 9.70.